The van der Waals surface area contributed by atoms with Crippen LogP contribution in [0.3, 0.4) is 0 Å². The Balaban J connectivity index is 0.00000210. The Morgan fingerprint density at radius 2 is 1.85 bits per heavy atom. The van der Waals surface area contributed by atoms with Crippen molar-refractivity contribution in [2.75, 3.05) is 0 Å². The molecule has 2 aromatic carbocycles. The van der Waals surface area contributed by atoms with E-state index in [-0.39, 0.29) is 18.9 Å². The van der Waals surface area contributed by atoms with Gasteiger partial charge in [-0.2, -0.15) is 0 Å². The number of hydrogen-bond acceptors (Lipinski definition) is 4. The first-order valence-corrected chi connectivity index (χ1v) is 10.0. The van der Waals surface area contributed by atoms with Crippen molar-refractivity contribution in [2.45, 2.75) is 42.5 Å². The SMILES string of the molecule is CC(C)(Sc1nnc(Br)n1-c1ccc(C2CC2)c2ccccc12)C(=O)O.[LiH]. The van der Waals surface area contributed by atoms with Gasteiger partial charge in [0, 0.05) is 5.39 Å². The van der Waals surface area contributed by atoms with Gasteiger partial charge in [-0.15, -0.1) is 10.2 Å². The van der Waals surface area contributed by atoms with Crippen molar-refractivity contribution in [3.05, 3.63) is 46.7 Å². The molecule has 0 bridgehead atoms. The first-order chi connectivity index (χ1) is 12.4. The molecule has 1 heterocycles. The van der Waals surface area contributed by atoms with E-state index in [0.29, 0.717) is 15.8 Å². The Morgan fingerprint density at radius 1 is 1.19 bits per heavy atom. The van der Waals surface area contributed by atoms with Crippen LogP contribution in [-0.4, -0.2) is 49.4 Å². The van der Waals surface area contributed by atoms with Gasteiger partial charge in [-0.3, -0.25) is 9.36 Å². The van der Waals surface area contributed by atoms with E-state index < -0.39 is 10.7 Å². The van der Waals surface area contributed by atoms with E-state index in [2.05, 4.69) is 56.5 Å². The standard InChI is InChI=1S/C19H18BrN3O2S.Li.H/c1-19(2,16(24)25)26-18-22-21-17(20)23(18)15-10-9-12(11-7-8-11)13-5-3-4-6-14(13)15;;/h3-6,9-11H,7-8H2,1-2H3,(H,24,25);;. The van der Waals surface area contributed by atoms with Crippen LogP contribution in [0.25, 0.3) is 16.5 Å². The van der Waals surface area contributed by atoms with Crippen LogP contribution >= 0.6 is 27.7 Å². The molecule has 1 fully saturated rings. The van der Waals surface area contributed by atoms with Gasteiger partial charge in [0.1, 0.15) is 4.75 Å². The fourth-order valence-electron chi connectivity index (χ4n) is 3.04. The first-order valence-electron chi connectivity index (χ1n) is 8.44. The molecule has 8 heteroatoms. The molecule has 136 valence electrons. The Bertz CT molecular complexity index is 1020. The fourth-order valence-corrected chi connectivity index (χ4v) is 4.50. The summed E-state index contributed by atoms with van der Waals surface area (Å²) in [6.45, 7) is 3.34. The molecule has 1 aromatic heterocycles. The zero-order chi connectivity index (χ0) is 18.5. The Hall–Kier alpha value is -1.26. The molecule has 0 amide bonds. The van der Waals surface area contributed by atoms with E-state index in [1.807, 2.05) is 10.6 Å². The van der Waals surface area contributed by atoms with E-state index in [9.17, 15) is 9.90 Å². The van der Waals surface area contributed by atoms with Crippen LogP contribution in [0, 0.1) is 0 Å². The summed E-state index contributed by atoms with van der Waals surface area (Å²) in [4.78, 5) is 11.5. The fraction of sp³-hybridized carbons (Fsp3) is 0.316. The number of halogens is 1. The third-order valence-electron chi connectivity index (χ3n) is 4.65. The van der Waals surface area contributed by atoms with Crippen LogP contribution in [0.5, 0.6) is 0 Å². The summed E-state index contributed by atoms with van der Waals surface area (Å²) in [6.07, 6.45) is 2.49. The molecule has 0 spiro atoms. The molecular formula is C19H19BrLiN3O2S. The number of fused-ring (bicyclic) bond motifs is 1. The molecular weight excluding hydrogens is 421 g/mol. The Kier molecular flexibility index (Phi) is 5.79. The minimum atomic E-state index is -1.01. The number of carbonyl (C=O) groups is 1. The number of thioether (sulfide) groups is 1. The van der Waals surface area contributed by atoms with Crippen molar-refractivity contribution in [3.8, 4) is 5.69 Å². The van der Waals surface area contributed by atoms with Gasteiger partial charge in [0.25, 0.3) is 0 Å². The Morgan fingerprint density at radius 3 is 2.48 bits per heavy atom. The molecule has 1 aliphatic rings. The topological polar surface area (TPSA) is 68.0 Å². The van der Waals surface area contributed by atoms with E-state index >= 15 is 0 Å². The molecule has 4 rings (SSSR count). The predicted octanol–water partition coefficient (Wildman–Crippen LogP) is 4.37. The summed E-state index contributed by atoms with van der Waals surface area (Å²) in [5.74, 6) is -0.236. The summed E-state index contributed by atoms with van der Waals surface area (Å²) in [6, 6.07) is 12.6. The van der Waals surface area contributed by atoms with Crippen molar-refractivity contribution in [1.29, 1.82) is 0 Å². The van der Waals surface area contributed by atoms with Crippen molar-refractivity contribution in [1.82, 2.24) is 14.8 Å². The first kappa shape index (κ1) is 20.5. The van der Waals surface area contributed by atoms with Crippen molar-refractivity contribution in [3.63, 3.8) is 0 Å². The molecule has 0 unspecified atom stereocenters. The second kappa shape index (κ2) is 7.63. The van der Waals surface area contributed by atoms with Gasteiger partial charge < -0.3 is 5.11 Å². The second-order valence-electron chi connectivity index (χ2n) is 7.00. The monoisotopic (exact) mass is 439 g/mol. The molecule has 0 radical (unpaired) electrons. The van der Waals surface area contributed by atoms with Gasteiger partial charge >= 0.3 is 24.8 Å². The number of carboxylic acid groups (broad SMARTS) is 1. The maximum absolute atomic E-state index is 11.5. The number of aliphatic carboxylic acids is 1. The predicted molar refractivity (Wildman–Crippen MR) is 113 cm³/mol. The van der Waals surface area contributed by atoms with Gasteiger partial charge in [0.05, 0.1) is 5.69 Å². The molecule has 27 heavy (non-hydrogen) atoms. The second-order valence-corrected chi connectivity index (χ2v) is 9.30. The zero-order valence-electron chi connectivity index (χ0n) is 14.4. The third kappa shape index (κ3) is 3.84. The van der Waals surface area contributed by atoms with Crippen molar-refractivity contribution < 1.29 is 9.90 Å². The minimum absolute atomic E-state index is 0. The summed E-state index contributed by atoms with van der Waals surface area (Å²) < 4.78 is 1.44. The van der Waals surface area contributed by atoms with Crippen LogP contribution in [-0.2, 0) is 4.79 Å². The molecule has 1 N–H and O–H groups in total. The average Bonchev–Trinajstić information content (AvgIpc) is 3.39. The van der Waals surface area contributed by atoms with Crippen molar-refractivity contribution in [2.24, 2.45) is 0 Å². The van der Waals surface area contributed by atoms with Crippen LogP contribution in [0.2, 0.25) is 0 Å². The van der Waals surface area contributed by atoms with Crippen LogP contribution in [0.4, 0.5) is 0 Å². The molecule has 3 aromatic rings. The maximum atomic E-state index is 11.5. The van der Waals surface area contributed by atoms with E-state index in [1.165, 1.54) is 35.6 Å². The normalized spacial score (nSPS) is 14.2. The van der Waals surface area contributed by atoms with Crippen molar-refractivity contribution >= 4 is 63.3 Å². The molecule has 0 atom stereocenters. The summed E-state index contributed by atoms with van der Waals surface area (Å²) in [7, 11) is 0. The molecule has 1 saturated carbocycles. The van der Waals surface area contributed by atoms with E-state index in [4.69, 9.17) is 0 Å². The number of benzene rings is 2. The average molecular weight is 440 g/mol. The van der Waals surface area contributed by atoms with E-state index in [1.54, 1.807) is 13.8 Å². The van der Waals surface area contributed by atoms with Crippen LogP contribution < -0.4 is 0 Å². The van der Waals surface area contributed by atoms with Crippen LogP contribution in [0.1, 0.15) is 38.2 Å². The third-order valence-corrected chi connectivity index (χ3v) is 6.29. The molecule has 0 aliphatic heterocycles. The van der Waals surface area contributed by atoms with E-state index in [0.717, 1.165) is 11.1 Å². The number of carboxylic acids is 1. The summed E-state index contributed by atoms with van der Waals surface area (Å²) >= 11 is 4.66. The van der Waals surface area contributed by atoms with Gasteiger partial charge in [-0.05, 0) is 65.6 Å². The van der Waals surface area contributed by atoms with Crippen LogP contribution in [0.15, 0.2) is 46.3 Å². The number of aromatic nitrogens is 3. The van der Waals surface area contributed by atoms with Gasteiger partial charge in [0.15, 0.2) is 5.16 Å². The number of nitrogens with zero attached hydrogens (tertiary/aromatic N) is 3. The molecule has 1 aliphatic carbocycles. The number of rotatable bonds is 5. The Labute approximate surface area is 182 Å². The number of hydrogen-bond donors (Lipinski definition) is 1. The van der Waals surface area contributed by atoms with Gasteiger partial charge in [-0.1, -0.05) is 42.1 Å². The van der Waals surface area contributed by atoms with Gasteiger partial charge in [0.2, 0.25) is 4.73 Å². The molecule has 0 saturated heterocycles. The summed E-state index contributed by atoms with van der Waals surface area (Å²) in [5, 5.41) is 20.7. The molecule has 5 nitrogen and oxygen atoms in total. The zero-order valence-corrected chi connectivity index (χ0v) is 16.8. The summed E-state index contributed by atoms with van der Waals surface area (Å²) in [5.41, 5.74) is 2.33. The quantitative estimate of drug-likeness (QED) is 0.472. The van der Waals surface area contributed by atoms with Gasteiger partial charge in [-0.25, -0.2) is 0 Å².